The molecule has 0 aliphatic heterocycles. The molecule has 0 unspecified atom stereocenters. The Morgan fingerprint density at radius 3 is 1.71 bits per heavy atom. The van der Waals surface area contributed by atoms with Crippen molar-refractivity contribution < 1.29 is 4.73 Å². The summed E-state index contributed by atoms with van der Waals surface area (Å²) in [6.07, 6.45) is 3.01. The van der Waals surface area contributed by atoms with E-state index < -0.39 is 0 Å². The summed E-state index contributed by atoms with van der Waals surface area (Å²) in [7, 11) is 0. The molecule has 0 aliphatic carbocycles. The summed E-state index contributed by atoms with van der Waals surface area (Å²) >= 11 is 1.61. The number of anilines is 3. The van der Waals surface area contributed by atoms with Crippen LogP contribution in [0.4, 0.5) is 16.4 Å². The highest BCUT2D eigenvalue weighted by Crippen LogP contribution is 2.46. The molecule has 5 heteroatoms. The van der Waals surface area contributed by atoms with Gasteiger partial charge in [0.15, 0.2) is 12.4 Å². The van der Waals surface area contributed by atoms with Crippen LogP contribution < -0.4 is 9.63 Å². The van der Waals surface area contributed by atoms with Crippen LogP contribution >= 0.6 is 11.3 Å². The number of benzene rings is 3. The Labute approximate surface area is 184 Å². The maximum atomic E-state index is 11.5. The average Bonchev–Trinajstić information content (AvgIpc) is 3.27. The highest BCUT2D eigenvalue weighted by atomic mass is 32.1. The monoisotopic (exact) mass is 421 g/mol. The molecule has 2 aromatic heterocycles. The predicted molar refractivity (Wildman–Crippen MR) is 127 cm³/mol. The molecule has 0 N–H and O–H groups in total. The molecule has 0 bridgehead atoms. The molecule has 0 saturated heterocycles. The van der Waals surface area contributed by atoms with Crippen molar-refractivity contribution >= 4 is 27.7 Å². The largest absolute Gasteiger partial charge is 0.619 e. The molecule has 0 spiro atoms. The maximum absolute atomic E-state index is 11.5. The van der Waals surface area contributed by atoms with E-state index in [2.05, 4.69) is 41.3 Å². The molecule has 5 aromatic rings. The topological polar surface area (TPSA) is 43.1 Å². The maximum Gasteiger partial charge on any atom is 0.181 e. The van der Waals surface area contributed by atoms with Gasteiger partial charge < -0.3 is 10.1 Å². The predicted octanol–water partition coefficient (Wildman–Crippen LogP) is 6.58. The van der Waals surface area contributed by atoms with Crippen molar-refractivity contribution in [3.8, 4) is 21.8 Å². The second kappa shape index (κ2) is 8.42. The van der Waals surface area contributed by atoms with Crippen molar-refractivity contribution in [2.75, 3.05) is 4.90 Å². The van der Waals surface area contributed by atoms with E-state index >= 15 is 0 Å². The van der Waals surface area contributed by atoms with Crippen LogP contribution in [0.15, 0.2) is 116 Å². The number of hydrogen-bond donors (Lipinski definition) is 0. The number of rotatable bonds is 5. The normalized spacial score (nSPS) is 10.7. The molecule has 31 heavy (non-hydrogen) atoms. The van der Waals surface area contributed by atoms with Crippen molar-refractivity contribution in [2.45, 2.75) is 0 Å². The Bertz CT molecular complexity index is 1230. The first-order valence-corrected chi connectivity index (χ1v) is 10.8. The zero-order chi connectivity index (χ0) is 21.0. The smallest absolute Gasteiger partial charge is 0.181 e. The summed E-state index contributed by atoms with van der Waals surface area (Å²) in [5, 5.41) is 13.4. The minimum absolute atomic E-state index is 0.788. The number of thiazole rings is 1. The van der Waals surface area contributed by atoms with Gasteiger partial charge in [0.25, 0.3) is 0 Å². The quantitative estimate of drug-likeness (QED) is 0.238. The zero-order valence-electron chi connectivity index (χ0n) is 16.6. The lowest BCUT2D eigenvalue weighted by atomic mass is 10.1. The van der Waals surface area contributed by atoms with Crippen molar-refractivity contribution in [2.24, 2.45) is 0 Å². The van der Waals surface area contributed by atoms with Crippen LogP contribution in [-0.2, 0) is 0 Å². The van der Waals surface area contributed by atoms with Crippen LogP contribution in [0.5, 0.6) is 0 Å². The lowest BCUT2D eigenvalue weighted by Crippen LogP contribution is -2.23. The minimum atomic E-state index is 0.788. The fraction of sp³-hybridized carbons (Fsp3) is 0. The summed E-state index contributed by atoms with van der Waals surface area (Å²) in [4.78, 5) is 7.25. The van der Waals surface area contributed by atoms with Gasteiger partial charge in [-0.15, -0.1) is 0 Å². The molecular formula is C26H19N3OS. The van der Waals surface area contributed by atoms with Crippen LogP contribution in [0, 0.1) is 5.21 Å². The van der Waals surface area contributed by atoms with Gasteiger partial charge in [-0.25, -0.2) is 4.98 Å². The van der Waals surface area contributed by atoms with Gasteiger partial charge in [-0.1, -0.05) is 78.1 Å². The van der Waals surface area contributed by atoms with Crippen molar-refractivity contribution in [1.82, 2.24) is 4.98 Å². The highest BCUT2D eigenvalue weighted by molar-refractivity contribution is 7.19. The lowest BCUT2D eigenvalue weighted by Gasteiger charge is -2.24. The molecule has 150 valence electrons. The summed E-state index contributed by atoms with van der Waals surface area (Å²) < 4.78 is 0.788. The summed E-state index contributed by atoms with van der Waals surface area (Å²) in [5.41, 5.74) is 5.00. The van der Waals surface area contributed by atoms with E-state index in [1.807, 2.05) is 54.6 Å². The Kier molecular flexibility index (Phi) is 5.17. The van der Waals surface area contributed by atoms with Gasteiger partial charge in [0.05, 0.1) is 0 Å². The molecule has 0 atom stereocenters. The van der Waals surface area contributed by atoms with Crippen molar-refractivity contribution in [1.29, 1.82) is 0 Å². The summed E-state index contributed by atoms with van der Waals surface area (Å²) in [5.74, 6) is 0. The van der Waals surface area contributed by atoms with E-state index in [4.69, 9.17) is 4.98 Å². The van der Waals surface area contributed by atoms with E-state index in [0.29, 0.717) is 0 Å². The summed E-state index contributed by atoms with van der Waals surface area (Å²) in [6, 6.07) is 34.4. The van der Waals surface area contributed by atoms with Crippen molar-refractivity contribution in [3.05, 3.63) is 121 Å². The molecule has 0 aliphatic rings. The van der Waals surface area contributed by atoms with Crippen LogP contribution in [0.3, 0.4) is 0 Å². The fourth-order valence-corrected chi connectivity index (χ4v) is 4.60. The molecular weight excluding hydrogens is 402 g/mol. The van der Waals surface area contributed by atoms with Crippen LogP contribution in [0.25, 0.3) is 21.8 Å². The van der Waals surface area contributed by atoms with Gasteiger partial charge in [0, 0.05) is 34.6 Å². The first-order chi connectivity index (χ1) is 15.3. The first-order valence-electron chi connectivity index (χ1n) is 9.95. The zero-order valence-corrected chi connectivity index (χ0v) is 17.4. The van der Waals surface area contributed by atoms with E-state index in [1.165, 1.54) is 12.4 Å². The summed E-state index contributed by atoms with van der Waals surface area (Å²) in [6.45, 7) is 0. The van der Waals surface area contributed by atoms with Crippen LogP contribution in [-0.4, -0.2) is 4.98 Å². The third-order valence-corrected chi connectivity index (χ3v) is 6.03. The number of pyridine rings is 1. The Hall–Kier alpha value is -3.96. The van der Waals surface area contributed by atoms with Crippen LogP contribution in [0.2, 0.25) is 0 Å². The molecule has 4 nitrogen and oxygen atoms in total. The SMILES string of the molecule is [O-][n+]1ccc(-c2nc(-c3ccccc3)c(N(c3ccccc3)c3ccccc3)s2)cc1. The third-order valence-electron chi connectivity index (χ3n) is 4.94. The average molecular weight is 422 g/mol. The minimum Gasteiger partial charge on any atom is -0.619 e. The van der Waals surface area contributed by atoms with Crippen LogP contribution in [0.1, 0.15) is 0 Å². The number of nitrogens with zero attached hydrogens (tertiary/aromatic N) is 3. The van der Waals surface area contributed by atoms with E-state index in [0.717, 1.165) is 42.9 Å². The van der Waals surface area contributed by atoms with Gasteiger partial charge in [0.1, 0.15) is 15.7 Å². The van der Waals surface area contributed by atoms with Crippen molar-refractivity contribution in [3.63, 3.8) is 0 Å². The molecule has 0 fully saturated rings. The molecule has 3 aromatic carbocycles. The standard InChI is InChI=1S/C26H19N3OS/c30-28-18-16-21(17-19-28)25-27-24(20-10-4-1-5-11-20)26(31-25)29(22-12-6-2-7-13-22)23-14-8-3-9-15-23/h1-19H. The molecule has 0 amide bonds. The van der Waals surface area contributed by atoms with E-state index in [1.54, 1.807) is 23.5 Å². The highest BCUT2D eigenvalue weighted by Gasteiger charge is 2.22. The van der Waals surface area contributed by atoms with Gasteiger partial charge >= 0.3 is 0 Å². The Balaban J connectivity index is 1.74. The lowest BCUT2D eigenvalue weighted by molar-refractivity contribution is -0.605. The third kappa shape index (κ3) is 3.91. The second-order valence-electron chi connectivity index (χ2n) is 6.99. The van der Waals surface area contributed by atoms with Gasteiger partial charge in [-0.2, -0.15) is 4.73 Å². The molecule has 2 heterocycles. The van der Waals surface area contributed by atoms with E-state index in [9.17, 15) is 5.21 Å². The molecule has 0 radical (unpaired) electrons. The first kappa shape index (κ1) is 19.0. The molecule has 5 rings (SSSR count). The van der Waals surface area contributed by atoms with Gasteiger partial charge in [-0.05, 0) is 24.3 Å². The Morgan fingerprint density at radius 1 is 0.645 bits per heavy atom. The van der Waals surface area contributed by atoms with Gasteiger partial charge in [-0.3, -0.25) is 0 Å². The second-order valence-corrected chi connectivity index (χ2v) is 7.97. The number of hydrogen-bond acceptors (Lipinski definition) is 4. The fourth-order valence-electron chi connectivity index (χ4n) is 3.46. The van der Waals surface area contributed by atoms with Gasteiger partial charge in [0.2, 0.25) is 0 Å². The number of para-hydroxylation sites is 2. The Morgan fingerprint density at radius 2 is 1.16 bits per heavy atom. The number of aromatic nitrogens is 2. The van der Waals surface area contributed by atoms with E-state index in [-0.39, 0.29) is 0 Å². The molecule has 0 saturated carbocycles.